The Labute approximate surface area is 102 Å². The number of thiol groups is 1. The van der Waals surface area contributed by atoms with Gasteiger partial charge >= 0.3 is 0 Å². The van der Waals surface area contributed by atoms with Crippen LogP contribution in [0.3, 0.4) is 0 Å². The molecule has 0 saturated heterocycles. The van der Waals surface area contributed by atoms with Gasteiger partial charge in [0.25, 0.3) is 0 Å². The Morgan fingerprint density at radius 1 is 1.38 bits per heavy atom. The number of anilines is 1. The molecule has 0 N–H and O–H groups in total. The van der Waals surface area contributed by atoms with Gasteiger partial charge < -0.3 is 4.90 Å². The molecule has 3 heteroatoms. The van der Waals surface area contributed by atoms with Crippen LogP contribution in [0.5, 0.6) is 0 Å². The fraction of sp³-hybridized carbons (Fsp3) is 0.538. The SMILES string of the molecule is CN(CC1(CS)CCC1)c1ccccc1F. The minimum atomic E-state index is -0.140. The topological polar surface area (TPSA) is 3.24 Å². The summed E-state index contributed by atoms with van der Waals surface area (Å²) in [6.07, 6.45) is 3.72. The molecular weight excluding hydrogens is 221 g/mol. The van der Waals surface area contributed by atoms with E-state index in [0.717, 1.165) is 12.3 Å². The van der Waals surface area contributed by atoms with Crippen LogP contribution in [0, 0.1) is 11.2 Å². The standard InChI is InChI=1S/C13H18FNS/c1-15(9-13(10-16)7-4-8-13)12-6-3-2-5-11(12)14/h2-3,5-6,16H,4,7-10H2,1H3. The first-order chi connectivity index (χ1) is 7.67. The van der Waals surface area contributed by atoms with Gasteiger partial charge in [0.2, 0.25) is 0 Å². The lowest BCUT2D eigenvalue weighted by molar-refractivity contribution is 0.178. The smallest absolute Gasteiger partial charge is 0.146 e. The first-order valence-electron chi connectivity index (χ1n) is 5.73. The van der Waals surface area contributed by atoms with Crippen molar-refractivity contribution in [2.45, 2.75) is 19.3 Å². The molecule has 0 unspecified atom stereocenters. The third kappa shape index (κ3) is 2.19. The molecule has 1 saturated carbocycles. The minimum absolute atomic E-state index is 0.140. The fourth-order valence-electron chi connectivity index (χ4n) is 2.39. The Hall–Kier alpha value is -0.700. The molecular formula is C13H18FNS. The van der Waals surface area contributed by atoms with Crippen molar-refractivity contribution in [2.75, 3.05) is 24.2 Å². The van der Waals surface area contributed by atoms with E-state index in [1.165, 1.54) is 25.3 Å². The van der Waals surface area contributed by atoms with Crippen LogP contribution in [0.25, 0.3) is 0 Å². The summed E-state index contributed by atoms with van der Waals surface area (Å²) in [7, 11) is 1.96. The predicted molar refractivity (Wildman–Crippen MR) is 69.8 cm³/mol. The van der Waals surface area contributed by atoms with Gasteiger partial charge in [-0.2, -0.15) is 12.6 Å². The summed E-state index contributed by atoms with van der Waals surface area (Å²) in [6, 6.07) is 6.95. The van der Waals surface area contributed by atoms with E-state index >= 15 is 0 Å². The highest BCUT2D eigenvalue weighted by molar-refractivity contribution is 7.80. The Kier molecular flexibility index (Phi) is 3.43. The van der Waals surface area contributed by atoms with E-state index in [1.54, 1.807) is 6.07 Å². The van der Waals surface area contributed by atoms with Crippen molar-refractivity contribution >= 4 is 18.3 Å². The van der Waals surface area contributed by atoms with Crippen molar-refractivity contribution in [3.05, 3.63) is 30.1 Å². The van der Waals surface area contributed by atoms with E-state index in [4.69, 9.17) is 0 Å². The van der Waals surface area contributed by atoms with Gasteiger partial charge in [0, 0.05) is 13.6 Å². The van der Waals surface area contributed by atoms with Crippen LogP contribution in [0.2, 0.25) is 0 Å². The molecule has 1 aliphatic rings. The van der Waals surface area contributed by atoms with E-state index in [-0.39, 0.29) is 5.82 Å². The number of hydrogen-bond donors (Lipinski definition) is 1. The highest BCUT2D eigenvalue weighted by Gasteiger charge is 2.36. The fourth-order valence-corrected chi connectivity index (χ4v) is 2.81. The van der Waals surface area contributed by atoms with Crippen molar-refractivity contribution in [1.82, 2.24) is 0 Å². The van der Waals surface area contributed by atoms with E-state index in [1.807, 2.05) is 24.1 Å². The second-order valence-corrected chi connectivity index (χ2v) is 5.14. The second-order valence-electron chi connectivity index (χ2n) is 4.82. The molecule has 1 aliphatic carbocycles. The Morgan fingerprint density at radius 2 is 2.06 bits per heavy atom. The molecule has 0 radical (unpaired) electrons. The minimum Gasteiger partial charge on any atom is -0.372 e. The van der Waals surface area contributed by atoms with Crippen LogP contribution in [0.1, 0.15) is 19.3 Å². The number of benzene rings is 1. The molecule has 16 heavy (non-hydrogen) atoms. The summed E-state index contributed by atoms with van der Waals surface area (Å²) < 4.78 is 13.6. The molecule has 1 fully saturated rings. The van der Waals surface area contributed by atoms with E-state index < -0.39 is 0 Å². The molecule has 0 aliphatic heterocycles. The average Bonchev–Trinajstić information content (AvgIpc) is 2.24. The average molecular weight is 239 g/mol. The molecule has 1 nitrogen and oxygen atoms in total. The molecule has 0 bridgehead atoms. The third-order valence-electron chi connectivity index (χ3n) is 3.59. The van der Waals surface area contributed by atoms with Gasteiger partial charge in [0.15, 0.2) is 0 Å². The maximum Gasteiger partial charge on any atom is 0.146 e. The van der Waals surface area contributed by atoms with Gasteiger partial charge in [0.1, 0.15) is 5.82 Å². The van der Waals surface area contributed by atoms with Gasteiger partial charge in [-0.25, -0.2) is 4.39 Å². The molecule has 1 aromatic carbocycles. The van der Waals surface area contributed by atoms with E-state index in [9.17, 15) is 4.39 Å². The van der Waals surface area contributed by atoms with E-state index in [2.05, 4.69) is 12.6 Å². The molecule has 0 spiro atoms. The molecule has 0 atom stereocenters. The Morgan fingerprint density at radius 3 is 2.56 bits per heavy atom. The maximum absolute atomic E-state index is 13.6. The molecule has 1 aromatic rings. The number of nitrogens with zero attached hydrogens (tertiary/aromatic N) is 1. The van der Waals surface area contributed by atoms with Gasteiger partial charge in [0.05, 0.1) is 5.69 Å². The first kappa shape index (κ1) is 11.8. The summed E-state index contributed by atoms with van der Waals surface area (Å²) in [6.45, 7) is 0.900. The van der Waals surface area contributed by atoms with Crippen molar-refractivity contribution in [3.63, 3.8) is 0 Å². The highest BCUT2D eigenvalue weighted by Crippen LogP contribution is 2.42. The van der Waals surface area contributed by atoms with Gasteiger partial charge in [-0.1, -0.05) is 18.6 Å². The quantitative estimate of drug-likeness (QED) is 0.789. The van der Waals surface area contributed by atoms with E-state index in [0.29, 0.717) is 11.1 Å². The number of para-hydroxylation sites is 1. The molecule has 0 heterocycles. The van der Waals surface area contributed by atoms with Crippen LogP contribution in [-0.2, 0) is 0 Å². The number of hydrogen-bond acceptors (Lipinski definition) is 2. The maximum atomic E-state index is 13.6. The normalized spacial score (nSPS) is 17.9. The van der Waals surface area contributed by atoms with Crippen molar-refractivity contribution < 1.29 is 4.39 Å². The van der Waals surface area contributed by atoms with Crippen LogP contribution in [0.15, 0.2) is 24.3 Å². The lowest BCUT2D eigenvalue weighted by Crippen LogP contribution is -2.42. The zero-order valence-electron chi connectivity index (χ0n) is 9.62. The zero-order valence-corrected chi connectivity index (χ0v) is 10.5. The van der Waals surface area contributed by atoms with Crippen LogP contribution in [-0.4, -0.2) is 19.3 Å². The Balaban J connectivity index is 2.08. The zero-order chi connectivity index (χ0) is 11.6. The summed E-state index contributed by atoms with van der Waals surface area (Å²) in [5.41, 5.74) is 0.996. The molecule has 2 rings (SSSR count). The monoisotopic (exact) mass is 239 g/mol. The van der Waals surface area contributed by atoms with Crippen molar-refractivity contribution in [2.24, 2.45) is 5.41 Å². The third-order valence-corrected chi connectivity index (χ3v) is 4.26. The second kappa shape index (κ2) is 4.66. The summed E-state index contributed by atoms with van der Waals surface area (Å²) in [5, 5.41) is 0. The summed E-state index contributed by atoms with van der Waals surface area (Å²) >= 11 is 4.43. The van der Waals surface area contributed by atoms with Crippen molar-refractivity contribution in [3.8, 4) is 0 Å². The van der Waals surface area contributed by atoms with Crippen LogP contribution < -0.4 is 4.90 Å². The molecule has 0 amide bonds. The molecule has 0 aromatic heterocycles. The number of rotatable bonds is 4. The van der Waals surface area contributed by atoms with Gasteiger partial charge in [-0.15, -0.1) is 0 Å². The van der Waals surface area contributed by atoms with Gasteiger partial charge in [-0.05, 0) is 36.1 Å². The summed E-state index contributed by atoms with van der Waals surface area (Å²) in [4.78, 5) is 2.02. The van der Waals surface area contributed by atoms with Gasteiger partial charge in [-0.3, -0.25) is 0 Å². The predicted octanol–water partition coefficient (Wildman–Crippen LogP) is 3.36. The lowest BCUT2D eigenvalue weighted by atomic mass is 9.70. The lowest BCUT2D eigenvalue weighted by Gasteiger charge is -2.44. The number of halogens is 1. The largest absolute Gasteiger partial charge is 0.372 e. The van der Waals surface area contributed by atoms with Crippen LogP contribution >= 0.6 is 12.6 Å². The Bertz CT molecular complexity index is 357. The first-order valence-corrected chi connectivity index (χ1v) is 6.37. The van der Waals surface area contributed by atoms with Crippen LogP contribution in [0.4, 0.5) is 10.1 Å². The summed E-state index contributed by atoms with van der Waals surface area (Å²) in [5.74, 6) is 0.754. The highest BCUT2D eigenvalue weighted by atomic mass is 32.1. The van der Waals surface area contributed by atoms with Crippen molar-refractivity contribution in [1.29, 1.82) is 0 Å². The molecule has 88 valence electrons.